The van der Waals surface area contributed by atoms with E-state index in [0.717, 1.165) is 25.2 Å². The molecule has 1 fully saturated rings. The van der Waals surface area contributed by atoms with Crippen LogP contribution in [-0.2, 0) is 4.43 Å². The van der Waals surface area contributed by atoms with Gasteiger partial charge in [-0.05, 0) is 74.8 Å². The number of nitrogens with zero attached hydrogens (tertiary/aromatic N) is 3. The van der Waals surface area contributed by atoms with Crippen molar-refractivity contribution in [3.63, 3.8) is 0 Å². The predicted molar refractivity (Wildman–Crippen MR) is 161 cm³/mol. The van der Waals surface area contributed by atoms with Crippen molar-refractivity contribution in [3.8, 4) is 17.2 Å². The number of rotatable bonds is 10. The fourth-order valence-electron chi connectivity index (χ4n) is 3.79. The van der Waals surface area contributed by atoms with Crippen LogP contribution < -0.4 is 14.8 Å². The van der Waals surface area contributed by atoms with Crippen LogP contribution in [0.25, 0.3) is 0 Å². The molecule has 2 heterocycles. The largest absolute Gasteiger partial charge is 0.488 e. The van der Waals surface area contributed by atoms with Gasteiger partial charge in [0.05, 0.1) is 24.7 Å². The standard InChI is InChI=1S/C31H40N4O5Si/c1-21-18-33-28(19-32-21)34-29(36)24-15-26(39-22(2)20-38-41(6,7)31(3,4)5)17-27(16-24)40-25-11-9-23(10-12-25)30(37)35-13-8-14-35/h9-12,15-19,22H,8,13-14,20H2,1-7H3,(H,33,34,36)/t22-/m0/s1. The Bertz CT molecular complexity index is 1370. The van der Waals surface area contributed by atoms with Gasteiger partial charge in [0.1, 0.15) is 23.4 Å². The first kappa shape index (κ1) is 30.2. The number of aromatic nitrogens is 2. The van der Waals surface area contributed by atoms with Crippen molar-refractivity contribution in [1.82, 2.24) is 14.9 Å². The Morgan fingerprint density at radius 3 is 2.24 bits per heavy atom. The lowest BCUT2D eigenvalue weighted by Gasteiger charge is -2.36. The lowest BCUT2D eigenvalue weighted by Crippen LogP contribution is -2.43. The molecule has 0 bridgehead atoms. The predicted octanol–water partition coefficient (Wildman–Crippen LogP) is 6.46. The number of carbonyl (C=O) groups excluding carboxylic acids is 2. The van der Waals surface area contributed by atoms with Crippen LogP contribution in [0, 0.1) is 6.92 Å². The van der Waals surface area contributed by atoms with Crippen molar-refractivity contribution in [2.75, 3.05) is 25.0 Å². The van der Waals surface area contributed by atoms with Gasteiger partial charge in [0, 0.05) is 30.3 Å². The SMILES string of the molecule is Cc1cnc(NC(=O)c2cc(Oc3ccc(C(=O)N4CCC4)cc3)cc(O[C@@H](C)CO[Si](C)(C)C(C)(C)C)c2)cn1. The minimum absolute atomic E-state index is 0.0188. The third kappa shape index (κ3) is 7.92. The molecule has 1 saturated heterocycles. The summed E-state index contributed by atoms with van der Waals surface area (Å²) in [7, 11) is -1.95. The van der Waals surface area contributed by atoms with Gasteiger partial charge in [0.2, 0.25) is 0 Å². The van der Waals surface area contributed by atoms with E-state index in [1.165, 1.54) is 6.20 Å². The highest BCUT2D eigenvalue weighted by molar-refractivity contribution is 6.74. The zero-order chi connectivity index (χ0) is 29.8. The topological polar surface area (TPSA) is 103 Å². The molecule has 1 atom stereocenters. The summed E-state index contributed by atoms with van der Waals surface area (Å²) in [4.78, 5) is 35.9. The van der Waals surface area contributed by atoms with Gasteiger partial charge in [-0.3, -0.25) is 14.6 Å². The first-order valence-corrected chi connectivity index (χ1v) is 16.8. The number of hydrogen-bond donors (Lipinski definition) is 1. The van der Waals surface area contributed by atoms with E-state index in [4.69, 9.17) is 13.9 Å². The Morgan fingerprint density at radius 2 is 1.66 bits per heavy atom. The van der Waals surface area contributed by atoms with Crippen molar-refractivity contribution in [2.45, 2.75) is 65.3 Å². The zero-order valence-electron chi connectivity index (χ0n) is 25.0. The molecule has 10 heteroatoms. The quantitative estimate of drug-likeness (QED) is 0.276. The molecule has 1 aromatic heterocycles. The monoisotopic (exact) mass is 576 g/mol. The molecule has 0 radical (unpaired) electrons. The van der Waals surface area contributed by atoms with Crippen LogP contribution in [0.4, 0.5) is 5.82 Å². The van der Waals surface area contributed by atoms with Crippen LogP contribution >= 0.6 is 0 Å². The van der Waals surface area contributed by atoms with Gasteiger partial charge in [-0.15, -0.1) is 0 Å². The molecule has 1 aliphatic heterocycles. The van der Waals surface area contributed by atoms with Crippen molar-refractivity contribution in [2.24, 2.45) is 0 Å². The van der Waals surface area contributed by atoms with E-state index in [2.05, 4.69) is 49.1 Å². The summed E-state index contributed by atoms with van der Waals surface area (Å²) < 4.78 is 18.7. The minimum atomic E-state index is -1.95. The summed E-state index contributed by atoms with van der Waals surface area (Å²) in [5.74, 6) is 1.41. The van der Waals surface area contributed by atoms with Crippen molar-refractivity contribution in [1.29, 1.82) is 0 Å². The maximum Gasteiger partial charge on any atom is 0.257 e. The number of likely N-dealkylation sites (tertiary alicyclic amines) is 1. The number of anilines is 1. The molecule has 0 unspecified atom stereocenters. The molecule has 1 N–H and O–H groups in total. The maximum absolute atomic E-state index is 13.2. The second-order valence-corrected chi connectivity index (χ2v) is 16.8. The molecule has 9 nitrogen and oxygen atoms in total. The second-order valence-electron chi connectivity index (χ2n) is 12.0. The van der Waals surface area contributed by atoms with E-state index in [0.29, 0.717) is 40.8 Å². The Hall–Kier alpha value is -3.76. The third-order valence-corrected chi connectivity index (χ3v) is 12.0. The molecule has 218 valence electrons. The number of aryl methyl sites for hydroxylation is 1. The van der Waals surface area contributed by atoms with Crippen LogP contribution in [0.2, 0.25) is 18.1 Å². The lowest BCUT2D eigenvalue weighted by molar-refractivity contribution is 0.0651. The van der Waals surface area contributed by atoms with Crippen LogP contribution in [0.5, 0.6) is 17.2 Å². The number of carbonyl (C=O) groups is 2. The Morgan fingerprint density at radius 1 is 0.976 bits per heavy atom. The Balaban J connectivity index is 1.53. The first-order chi connectivity index (χ1) is 19.3. The van der Waals surface area contributed by atoms with Gasteiger partial charge in [-0.2, -0.15) is 0 Å². The van der Waals surface area contributed by atoms with E-state index in [9.17, 15) is 9.59 Å². The van der Waals surface area contributed by atoms with Crippen LogP contribution in [0.1, 0.15) is 60.5 Å². The smallest absolute Gasteiger partial charge is 0.257 e. The first-order valence-electron chi connectivity index (χ1n) is 13.9. The fraction of sp³-hybridized carbons (Fsp3) is 0.419. The highest BCUT2D eigenvalue weighted by atomic mass is 28.4. The normalized spacial score (nSPS) is 14.2. The summed E-state index contributed by atoms with van der Waals surface area (Å²) in [6.07, 6.45) is 3.88. The van der Waals surface area contributed by atoms with Crippen molar-refractivity contribution < 1.29 is 23.5 Å². The summed E-state index contributed by atoms with van der Waals surface area (Å²) in [6.45, 7) is 16.8. The second kappa shape index (κ2) is 12.4. The minimum Gasteiger partial charge on any atom is -0.488 e. The van der Waals surface area contributed by atoms with Gasteiger partial charge >= 0.3 is 0 Å². The molecular weight excluding hydrogens is 536 g/mol. The molecular formula is C31H40N4O5Si. The number of hydrogen-bond acceptors (Lipinski definition) is 7. The molecule has 2 amide bonds. The van der Waals surface area contributed by atoms with E-state index in [-0.39, 0.29) is 23.0 Å². The van der Waals surface area contributed by atoms with E-state index in [1.54, 1.807) is 48.7 Å². The highest BCUT2D eigenvalue weighted by Gasteiger charge is 2.37. The zero-order valence-corrected chi connectivity index (χ0v) is 26.0. The van der Waals surface area contributed by atoms with Crippen LogP contribution in [-0.4, -0.2) is 60.8 Å². The van der Waals surface area contributed by atoms with Crippen LogP contribution in [0.15, 0.2) is 54.9 Å². The molecule has 0 aliphatic carbocycles. The number of ether oxygens (including phenoxy) is 2. The molecule has 41 heavy (non-hydrogen) atoms. The summed E-state index contributed by atoms with van der Waals surface area (Å²) in [6, 6.07) is 12.0. The van der Waals surface area contributed by atoms with Gasteiger partial charge in [0.15, 0.2) is 14.1 Å². The van der Waals surface area contributed by atoms with Gasteiger partial charge in [-0.25, -0.2) is 4.98 Å². The Labute approximate surface area is 243 Å². The Kier molecular flexibility index (Phi) is 9.13. The molecule has 0 spiro atoms. The maximum atomic E-state index is 13.2. The number of nitrogens with one attached hydrogen (secondary N) is 1. The van der Waals surface area contributed by atoms with Gasteiger partial charge < -0.3 is 24.1 Å². The molecule has 2 aromatic carbocycles. The van der Waals surface area contributed by atoms with E-state index >= 15 is 0 Å². The van der Waals surface area contributed by atoms with Gasteiger partial charge in [0.25, 0.3) is 11.8 Å². The molecule has 0 saturated carbocycles. The molecule has 3 aromatic rings. The van der Waals surface area contributed by atoms with Crippen molar-refractivity contribution >= 4 is 25.9 Å². The molecule has 1 aliphatic rings. The average Bonchev–Trinajstić information content (AvgIpc) is 2.87. The fourth-order valence-corrected chi connectivity index (χ4v) is 4.87. The average molecular weight is 577 g/mol. The lowest BCUT2D eigenvalue weighted by atomic mass is 10.1. The highest BCUT2D eigenvalue weighted by Crippen LogP contribution is 2.37. The number of amides is 2. The summed E-state index contributed by atoms with van der Waals surface area (Å²) in [5.41, 5.74) is 1.70. The van der Waals surface area contributed by atoms with Crippen molar-refractivity contribution in [3.05, 3.63) is 71.7 Å². The van der Waals surface area contributed by atoms with Gasteiger partial charge in [-0.1, -0.05) is 20.8 Å². The summed E-state index contributed by atoms with van der Waals surface area (Å²) in [5, 5.41) is 2.86. The third-order valence-electron chi connectivity index (χ3n) is 7.47. The summed E-state index contributed by atoms with van der Waals surface area (Å²) >= 11 is 0. The van der Waals surface area contributed by atoms with E-state index in [1.807, 2.05) is 18.7 Å². The molecule has 4 rings (SSSR count). The van der Waals surface area contributed by atoms with E-state index < -0.39 is 8.32 Å². The number of benzene rings is 2. The van der Waals surface area contributed by atoms with Crippen LogP contribution in [0.3, 0.4) is 0 Å².